The van der Waals surface area contributed by atoms with Crippen LogP contribution in [-0.4, -0.2) is 57.8 Å². The van der Waals surface area contributed by atoms with E-state index in [1.165, 1.54) is 0 Å². The number of nitrogens with one attached hydrogen (secondary N) is 1. The van der Waals surface area contributed by atoms with E-state index in [1.807, 2.05) is 0 Å². The molecule has 0 aliphatic rings. The number of rotatable bonds is 9. The first-order chi connectivity index (χ1) is 10.5. The SMILES string of the molecule is C=C(C[C@H](N)C(=O)O)C(=O)O.CCNC(=O)CC[C@H](N)C(=O)O. The number of carbonyl (C=O) groups excluding carboxylic acids is 1. The van der Waals surface area contributed by atoms with Crippen LogP contribution in [0.5, 0.6) is 0 Å². The molecule has 0 heterocycles. The molecule has 132 valence electrons. The predicted molar refractivity (Wildman–Crippen MR) is 80.5 cm³/mol. The first-order valence-corrected chi connectivity index (χ1v) is 6.67. The fraction of sp³-hybridized carbons (Fsp3) is 0.538. The average Bonchev–Trinajstić information content (AvgIpc) is 2.45. The molecule has 0 rings (SSSR count). The van der Waals surface area contributed by atoms with Crippen molar-refractivity contribution in [2.24, 2.45) is 11.5 Å². The molecule has 2 atom stereocenters. The molecule has 0 aromatic carbocycles. The van der Waals surface area contributed by atoms with Crippen LogP contribution in [0.2, 0.25) is 0 Å². The van der Waals surface area contributed by atoms with Crippen molar-refractivity contribution in [2.75, 3.05) is 6.54 Å². The number of carbonyl (C=O) groups is 4. The summed E-state index contributed by atoms with van der Waals surface area (Å²) in [6, 6.07) is -2.12. The van der Waals surface area contributed by atoms with Crippen LogP contribution in [0.4, 0.5) is 0 Å². The van der Waals surface area contributed by atoms with Crippen molar-refractivity contribution >= 4 is 23.8 Å². The number of hydrogen-bond acceptors (Lipinski definition) is 6. The minimum absolute atomic E-state index is 0.158. The Morgan fingerprint density at radius 3 is 1.87 bits per heavy atom. The second-order valence-electron chi connectivity index (χ2n) is 4.49. The van der Waals surface area contributed by atoms with Crippen molar-refractivity contribution in [2.45, 2.75) is 38.3 Å². The second kappa shape index (κ2) is 12.1. The second-order valence-corrected chi connectivity index (χ2v) is 4.49. The van der Waals surface area contributed by atoms with Crippen LogP contribution in [0, 0.1) is 0 Å². The highest BCUT2D eigenvalue weighted by Gasteiger charge is 2.15. The van der Waals surface area contributed by atoms with Crippen LogP contribution in [0.1, 0.15) is 26.2 Å². The Morgan fingerprint density at radius 1 is 1.04 bits per heavy atom. The molecular formula is C13H23N3O7. The summed E-state index contributed by atoms with van der Waals surface area (Å²) in [5.41, 5.74) is 10.0. The molecule has 10 nitrogen and oxygen atoms in total. The highest BCUT2D eigenvalue weighted by molar-refractivity contribution is 5.87. The minimum Gasteiger partial charge on any atom is -0.480 e. The molecular weight excluding hydrogens is 310 g/mol. The van der Waals surface area contributed by atoms with Gasteiger partial charge in [0, 0.05) is 25.0 Å². The van der Waals surface area contributed by atoms with Gasteiger partial charge in [-0.25, -0.2) is 4.79 Å². The lowest BCUT2D eigenvalue weighted by Crippen LogP contribution is -2.32. The third kappa shape index (κ3) is 13.0. The van der Waals surface area contributed by atoms with E-state index in [0.29, 0.717) is 6.54 Å². The van der Waals surface area contributed by atoms with Crippen LogP contribution in [0.25, 0.3) is 0 Å². The Labute approximate surface area is 133 Å². The molecule has 10 heteroatoms. The van der Waals surface area contributed by atoms with E-state index in [4.69, 9.17) is 26.8 Å². The third-order valence-corrected chi connectivity index (χ3v) is 2.46. The number of carboxylic acids is 3. The highest BCUT2D eigenvalue weighted by atomic mass is 16.4. The quantitative estimate of drug-likeness (QED) is 0.279. The summed E-state index contributed by atoms with van der Waals surface area (Å²) >= 11 is 0. The van der Waals surface area contributed by atoms with Gasteiger partial charge in [0.15, 0.2) is 0 Å². The molecule has 0 aromatic rings. The van der Waals surface area contributed by atoms with E-state index >= 15 is 0 Å². The average molecular weight is 333 g/mol. The fourth-order valence-electron chi connectivity index (χ4n) is 1.14. The summed E-state index contributed by atoms with van der Waals surface area (Å²) in [6.45, 7) is 5.49. The minimum atomic E-state index is -1.23. The number of nitrogens with two attached hydrogens (primary N) is 2. The molecule has 23 heavy (non-hydrogen) atoms. The lowest BCUT2D eigenvalue weighted by Gasteiger charge is -2.05. The monoisotopic (exact) mass is 333 g/mol. The van der Waals surface area contributed by atoms with Gasteiger partial charge in [-0.3, -0.25) is 14.4 Å². The molecule has 0 saturated heterocycles. The number of hydrogen-bond donors (Lipinski definition) is 6. The molecule has 0 aliphatic carbocycles. The molecule has 1 amide bonds. The standard InChI is InChI=1S/C7H14N2O3.C6H9NO4/c1-2-9-6(10)4-3-5(8)7(11)12;1-3(5(8)9)2-4(7)6(10)11/h5H,2-4,8H2,1H3,(H,9,10)(H,11,12);4H,1-2,7H2,(H,8,9)(H,10,11)/t5-;4-/m00/s1. The summed E-state index contributed by atoms with van der Waals surface area (Å²) in [4.78, 5) is 41.2. The highest BCUT2D eigenvalue weighted by Crippen LogP contribution is 2.00. The Morgan fingerprint density at radius 2 is 1.52 bits per heavy atom. The fourth-order valence-corrected chi connectivity index (χ4v) is 1.14. The number of carboxylic acid groups (broad SMARTS) is 3. The van der Waals surface area contributed by atoms with Crippen molar-refractivity contribution in [1.29, 1.82) is 0 Å². The van der Waals surface area contributed by atoms with E-state index in [1.54, 1.807) is 6.92 Å². The van der Waals surface area contributed by atoms with Crippen molar-refractivity contribution in [1.82, 2.24) is 5.32 Å². The van der Waals surface area contributed by atoms with Gasteiger partial charge in [-0.2, -0.15) is 0 Å². The maximum absolute atomic E-state index is 10.8. The molecule has 0 spiro atoms. The van der Waals surface area contributed by atoms with Crippen LogP contribution in [-0.2, 0) is 19.2 Å². The Balaban J connectivity index is 0. The smallest absolute Gasteiger partial charge is 0.331 e. The molecule has 0 fully saturated rings. The van der Waals surface area contributed by atoms with E-state index in [0.717, 1.165) is 0 Å². The van der Waals surface area contributed by atoms with E-state index < -0.39 is 30.0 Å². The van der Waals surface area contributed by atoms with Gasteiger partial charge in [-0.1, -0.05) is 6.58 Å². The first kappa shape index (κ1) is 22.8. The van der Waals surface area contributed by atoms with Crippen LogP contribution in [0.3, 0.4) is 0 Å². The molecule has 0 bridgehead atoms. The number of amides is 1. The Hall–Kier alpha value is -2.46. The summed E-state index contributed by atoms with van der Waals surface area (Å²) in [5.74, 6) is -3.68. The zero-order valence-corrected chi connectivity index (χ0v) is 12.8. The molecule has 0 radical (unpaired) electrons. The van der Waals surface area contributed by atoms with Crippen molar-refractivity contribution in [3.63, 3.8) is 0 Å². The Bertz CT molecular complexity index is 451. The topological polar surface area (TPSA) is 193 Å². The zero-order chi connectivity index (χ0) is 18.6. The van der Waals surface area contributed by atoms with E-state index in [-0.39, 0.29) is 30.7 Å². The lowest BCUT2D eigenvalue weighted by molar-refractivity contribution is -0.140. The molecule has 0 unspecified atom stereocenters. The molecule has 0 aromatic heterocycles. The van der Waals surface area contributed by atoms with Crippen LogP contribution < -0.4 is 16.8 Å². The van der Waals surface area contributed by atoms with Gasteiger partial charge in [-0.05, 0) is 13.3 Å². The number of aliphatic carboxylic acids is 3. The van der Waals surface area contributed by atoms with Gasteiger partial charge in [0.25, 0.3) is 0 Å². The summed E-state index contributed by atoms with van der Waals surface area (Å²) in [6.07, 6.45) is 0.118. The lowest BCUT2D eigenvalue weighted by atomic mass is 10.1. The van der Waals surface area contributed by atoms with Crippen LogP contribution in [0.15, 0.2) is 12.2 Å². The summed E-state index contributed by atoms with van der Waals surface area (Å²) < 4.78 is 0. The predicted octanol–water partition coefficient (Wildman–Crippen LogP) is -1.26. The zero-order valence-electron chi connectivity index (χ0n) is 12.8. The molecule has 0 aliphatic heterocycles. The molecule has 8 N–H and O–H groups in total. The third-order valence-electron chi connectivity index (χ3n) is 2.46. The Kier molecular flexibility index (Phi) is 12.0. The van der Waals surface area contributed by atoms with Gasteiger partial charge in [0.05, 0.1) is 0 Å². The van der Waals surface area contributed by atoms with Crippen molar-refractivity contribution in [3.8, 4) is 0 Å². The first-order valence-electron chi connectivity index (χ1n) is 6.67. The van der Waals surface area contributed by atoms with Crippen LogP contribution >= 0.6 is 0 Å². The van der Waals surface area contributed by atoms with Crippen molar-refractivity contribution in [3.05, 3.63) is 12.2 Å². The largest absolute Gasteiger partial charge is 0.480 e. The van der Waals surface area contributed by atoms with Gasteiger partial charge >= 0.3 is 17.9 Å². The van der Waals surface area contributed by atoms with Crippen molar-refractivity contribution < 1.29 is 34.5 Å². The normalized spacial score (nSPS) is 12.1. The van der Waals surface area contributed by atoms with Gasteiger partial charge in [0.1, 0.15) is 12.1 Å². The summed E-state index contributed by atoms with van der Waals surface area (Å²) in [7, 11) is 0. The van der Waals surface area contributed by atoms with Gasteiger partial charge < -0.3 is 32.1 Å². The summed E-state index contributed by atoms with van der Waals surface area (Å²) in [5, 5.41) is 27.4. The van der Waals surface area contributed by atoms with Gasteiger partial charge in [-0.15, -0.1) is 0 Å². The van der Waals surface area contributed by atoms with Gasteiger partial charge in [0.2, 0.25) is 5.91 Å². The molecule has 0 saturated carbocycles. The maximum atomic E-state index is 10.8. The van der Waals surface area contributed by atoms with E-state index in [2.05, 4.69) is 11.9 Å². The van der Waals surface area contributed by atoms with E-state index in [9.17, 15) is 19.2 Å². The maximum Gasteiger partial charge on any atom is 0.331 e.